The first kappa shape index (κ1) is 29.4. The van der Waals surface area contributed by atoms with Crippen molar-refractivity contribution in [3.8, 4) is 11.1 Å². The molecule has 11 rings (SSSR count). The molecule has 5 aliphatic carbocycles. The van der Waals surface area contributed by atoms with Gasteiger partial charge >= 0.3 is 0 Å². The summed E-state index contributed by atoms with van der Waals surface area (Å²) < 4.78 is 2.42. The van der Waals surface area contributed by atoms with E-state index in [1.165, 1.54) is 112 Å². The Hall–Kier alpha value is -4.30. The zero-order valence-electron chi connectivity index (χ0n) is 29.8. The van der Waals surface area contributed by atoms with Crippen LogP contribution in [-0.2, 0) is 12.5 Å². The van der Waals surface area contributed by atoms with Crippen LogP contribution in [-0.4, -0.2) is 4.57 Å². The van der Waals surface area contributed by atoms with Crippen LogP contribution in [0.4, 0.5) is 17.1 Å². The zero-order chi connectivity index (χ0) is 33.3. The number of nitrogens with zero attached hydrogens (tertiary/aromatic N) is 2. The molecule has 250 valence electrons. The molecule has 0 radical (unpaired) electrons. The second-order valence-electron chi connectivity index (χ2n) is 17.4. The van der Waals surface area contributed by atoms with Crippen LogP contribution >= 0.6 is 0 Å². The molecule has 0 N–H and O–H groups in total. The van der Waals surface area contributed by atoms with Crippen molar-refractivity contribution in [2.24, 2.45) is 30.7 Å². The van der Waals surface area contributed by atoms with Gasteiger partial charge in [0.15, 0.2) is 0 Å². The first-order chi connectivity index (χ1) is 24.4. The average molecular weight is 653 g/mol. The number of aryl methyl sites for hydroxylation is 1. The molecular formula is C48H48N2. The van der Waals surface area contributed by atoms with Crippen molar-refractivity contribution >= 4 is 38.9 Å². The number of hydrogen-bond acceptors (Lipinski definition) is 1. The summed E-state index contributed by atoms with van der Waals surface area (Å²) in [4.78, 5) is 2.53. The van der Waals surface area contributed by atoms with Crippen molar-refractivity contribution in [1.82, 2.24) is 4.57 Å². The van der Waals surface area contributed by atoms with Crippen molar-refractivity contribution in [2.75, 3.05) is 4.90 Å². The van der Waals surface area contributed by atoms with Crippen LogP contribution in [0.2, 0.25) is 0 Å². The van der Waals surface area contributed by atoms with Gasteiger partial charge in [-0.1, -0.05) is 87.4 Å². The minimum absolute atomic E-state index is 0.103. The van der Waals surface area contributed by atoms with Crippen molar-refractivity contribution < 1.29 is 0 Å². The topological polar surface area (TPSA) is 8.17 Å². The number of anilines is 3. The molecule has 0 aliphatic heterocycles. The highest BCUT2D eigenvalue weighted by atomic mass is 15.1. The van der Waals surface area contributed by atoms with Gasteiger partial charge in [-0.05, 0) is 144 Å². The molecule has 4 saturated carbocycles. The molecule has 0 saturated heterocycles. The lowest BCUT2D eigenvalue weighted by atomic mass is 9.82. The zero-order valence-corrected chi connectivity index (χ0v) is 29.8. The van der Waals surface area contributed by atoms with Crippen molar-refractivity contribution in [1.29, 1.82) is 0 Å². The van der Waals surface area contributed by atoms with Crippen LogP contribution < -0.4 is 4.90 Å². The third-order valence-electron chi connectivity index (χ3n) is 14.6. The Balaban J connectivity index is 1.03. The second kappa shape index (κ2) is 10.6. The molecule has 0 amide bonds. The summed E-state index contributed by atoms with van der Waals surface area (Å²) in [6, 6.07) is 40.5. The lowest BCUT2D eigenvalue weighted by Crippen LogP contribution is -2.17. The summed E-state index contributed by atoms with van der Waals surface area (Å²) in [5.41, 5.74) is 15.1. The number of fused-ring (bicyclic) bond motifs is 11. The number of para-hydroxylation sites is 1. The minimum Gasteiger partial charge on any atom is -0.343 e. The van der Waals surface area contributed by atoms with E-state index in [0.717, 1.165) is 35.5 Å². The number of aromatic nitrogens is 1. The highest BCUT2D eigenvalue weighted by Gasteiger charge is 2.42. The quantitative estimate of drug-likeness (QED) is 0.180. The maximum absolute atomic E-state index is 2.53. The molecule has 2 heteroatoms. The van der Waals surface area contributed by atoms with Crippen molar-refractivity contribution in [3.63, 3.8) is 0 Å². The van der Waals surface area contributed by atoms with Crippen molar-refractivity contribution in [3.05, 3.63) is 125 Å². The highest BCUT2D eigenvalue weighted by molar-refractivity contribution is 6.14. The van der Waals surface area contributed by atoms with Gasteiger partial charge in [0, 0.05) is 51.4 Å². The predicted octanol–water partition coefficient (Wildman–Crippen LogP) is 12.9. The van der Waals surface area contributed by atoms with Gasteiger partial charge in [-0.2, -0.15) is 0 Å². The van der Waals surface area contributed by atoms with Gasteiger partial charge < -0.3 is 9.47 Å². The van der Waals surface area contributed by atoms with E-state index in [2.05, 4.69) is 133 Å². The van der Waals surface area contributed by atoms with Crippen LogP contribution in [0.1, 0.15) is 99.3 Å². The molecule has 4 fully saturated rings. The van der Waals surface area contributed by atoms with E-state index < -0.39 is 0 Å². The van der Waals surface area contributed by atoms with Crippen LogP contribution in [0.5, 0.6) is 0 Å². The number of hydrogen-bond donors (Lipinski definition) is 0. The van der Waals surface area contributed by atoms with Crippen LogP contribution in [0, 0.1) is 23.7 Å². The summed E-state index contributed by atoms with van der Waals surface area (Å²) in [5, 5.41) is 2.69. The maximum atomic E-state index is 2.53. The molecule has 50 heavy (non-hydrogen) atoms. The first-order valence-electron chi connectivity index (χ1n) is 19.6. The van der Waals surface area contributed by atoms with E-state index >= 15 is 0 Å². The Bertz CT molecular complexity index is 2230. The second-order valence-corrected chi connectivity index (χ2v) is 17.4. The van der Waals surface area contributed by atoms with Gasteiger partial charge in [0.1, 0.15) is 0 Å². The van der Waals surface area contributed by atoms with Gasteiger partial charge in [0.25, 0.3) is 0 Å². The predicted molar refractivity (Wildman–Crippen MR) is 209 cm³/mol. The maximum Gasteiger partial charge on any atom is 0.0571 e. The van der Waals surface area contributed by atoms with E-state index in [0.29, 0.717) is 0 Å². The van der Waals surface area contributed by atoms with Gasteiger partial charge in [0.2, 0.25) is 0 Å². The summed E-state index contributed by atoms with van der Waals surface area (Å²) in [5.74, 6) is 5.22. The number of rotatable bonds is 5. The lowest BCUT2D eigenvalue weighted by Gasteiger charge is -2.29. The van der Waals surface area contributed by atoms with E-state index in [1.54, 1.807) is 11.1 Å². The van der Waals surface area contributed by atoms with E-state index in [4.69, 9.17) is 0 Å². The van der Waals surface area contributed by atoms with E-state index in [-0.39, 0.29) is 5.41 Å². The molecule has 1 heterocycles. The Kier molecular flexibility index (Phi) is 6.25. The Morgan fingerprint density at radius 3 is 1.76 bits per heavy atom. The fourth-order valence-electron chi connectivity index (χ4n) is 12.1. The third kappa shape index (κ3) is 4.14. The minimum atomic E-state index is -0.103. The Labute approximate surface area is 297 Å². The standard InChI is InChI=1S/C48H48N2/c1-48(2)43-23-22-39-38-6-4-5-7-45(38)49(3)47(39)46(43)40-21-20-37(28-44(40)48)50(35-16-12-31(13-17-35)41-26-29-8-10-33(41)24-29)36-18-14-32(15-19-36)42-27-30-9-11-34(42)25-30/h4-7,12-23,28-30,33-34,41-42H,8-11,24-27H2,1-3H3. The van der Waals surface area contributed by atoms with Crippen LogP contribution in [0.3, 0.4) is 0 Å². The normalized spacial score (nSPS) is 27.0. The molecule has 6 aromatic rings. The first-order valence-corrected chi connectivity index (χ1v) is 19.6. The molecular weight excluding hydrogens is 605 g/mol. The summed E-state index contributed by atoms with van der Waals surface area (Å²) >= 11 is 0. The van der Waals surface area contributed by atoms with Crippen LogP contribution in [0.15, 0.2) is 103 Å². The van der Waals surface area contributed by atoms with Gasteiger partial charge in [0.05, 0.1) is 5.52 Å². The Morgan fingerprint density at radius 2 is 1.18 bits per heavy atom. The summed E-state index contributed by atoms with van der Waals surface area (Å²) in [6.07, 6.45) is 11.4. The van der Waals surface area contributed by atoms with Gasteiger partial charge in [-0.3, -0.25) is 0 Å². The lowest BCUT2D eigenvalue weighted by molar-refractivity contribution is 0.420. The molecule has 5 aromatic carbocycles. The number of benzene rings is 5. The highest BCUT2D eigenvalue weighted by Crippen LogP contribution is 2.56. The van der Waals surface area contributed by atoms with E-state index in [1.807, 2.05) is 0 Å². The SMILES string of the molecule is Cn1c2ccccc2c2ccc3c(c21)-c1ccc(N(c2ccc(C4CC5CCC4C5)cc2)c2ccc(C4CC5CCC4C5)cc2)cc1C3(C)C. The molecule has 5 aliphatic rings. The van der Waals surface area contributed by atoms with E-state index in [9.17, 15) is 0 Å². The van der Waals surface area contributed by atoms with Gasteiger partial charge in [-0.15, -0.1) is 0 Å². The fourth-order valence-corrected chi connectivity index (χ4v) is 12.1. The van der Waals surface area contributed by atoms with Gasteiger partial charge in [-0.25, -0.2) is 0 Å². The average Bonchev–Trinajstić information content (AvgIpc) is 4.02. The smallest absolute Gasteiger partial charge is 0.0571 e. The third-order valence-corrected chi connectivity index (χ3v) is 14.6. The fraction of sp³-hybridized carbons (Fsp3) is 0.375. The molecule has 6 unspecified atom stereocenters. The largest absolute Gasteiger partial charge is 0.343 e. The molecule has 1 aromatic heterocycles. The Morgan fingerprint density at radius 1 is 0.580 bits per heavy atom. The molecule has 6 atom stereocenters. The summed E-state index contributed by atoms with van der Waals surface area (Å²) in [6.45, 7) is 4.85. The van der Waals surface area contributed by atoms with Crippen molar-refractivity contribution in [2.45, 2.75) is 82.5 Å². The monoisotopic (exact) mass is 652 g/mol. The summed E-state index contributed by atoms with van der Waals surface area (Å²) in [7, 11) is 2.24. The molecule has 4 bridgehead atoms. The molecule has 2 nitrogen and oxygen atoms in total. The molecule has 0 spiro atoms. The van der Waals surface area contributed by atoms with Crippen LogP contribution in [0.25, 0.3) is 32.9 Å².